The van der Waals surface area contributed by atoms with E-state index >= 15 is 0 Å². The average Bonchev–Trinajstić information content (AvgIpc) is 3.26. The summed E-state index contributed by atoms with van der Waals surface area (Å²) in [6.07, 6.45) is 3.32. The van der Waals surface area contributed by atoms with Crippen LogP contribution in [-0.4, -0.2) is 58.7 Å². The van der Waals surface area contributed by atoms with Crippen LogP contribution in [0.3, 0.4) is 0 Å². The Morgan fingerprint density at radius 1 is 1.15 bits per heavy atom. The van der Waals surface area contributed by atoms with Gasteiger partial charge >= 0.3 is 0 Å². The standard InChI is InChI=1S/C22H28N6O3S2/c1-5-6-7-17-9-12-19(13-10-17)28-22(24-25-26-28)32-15-21(29)23-18-11-8-16(2)20(14-18)33(30,31)27(3)4/h8-14H,5-7,15H2,1-4H3,(H,23,29). The molecule has 3 rings (SSSR count). The van der Waals surface area contributed by atoms with Crippen molar-refractivity contribution in [1.29, 1.82) is 0 Å². The van der Waals surface area contributed by atoms with Gasteiger partial charge < -0.3 is 5.32 Å². The Morgan fingerprint density at radius 2 is 1.88 bits per heavy atom. The highest BCUT2D eigenvalue weighted by Gasteiger charge is 2.20. The summed E-state index contributed by atoms with van der Waals surface area (Å²) in [6, 6.07) is 12.9. The molecule has 3 aromatic rings. The Labute approximate surface area is 198 Å². The number of aromatic nitrogens is 4. The number of hydrogen-bond acceptors (Lipinski definition) is 7. The van der Waals surface area contributed by atoms with E-state index in [4.69, 9.17) is 0 Å². The van der Waals surface area contributed by atoms with E-state index in [0.29, 0.717) is 16.4 Å². The predicted molar refractivity (Wildman–Crippen MR) is 129 cm³/mol. The normalized spacial score (nSPS) is 11.7. The van der Waals surface area contributed by atoms with Gasteiger partial charge in [-0.2, -0.15) is 4.68 Å². The van der Waals surface area contributed by atoms with Gasteiger partial charge in [0.1, 0.15) is 0 Å². The van der Waals surface area contributed by atoms with E-state index in [9.17, 15) is 13.2 Å². The summed E-state index contributed by atoms with van der Waals surface area (Å²) in [5.41, 5.74) is 3.10. The molecular formula is C22H28N6O3S2. The number of unbranched alkanes of at least 4 members (excludes halogenated alkanes) is 1. The molecule has 11 heteroatoms. The Morgan fingerprint density at radius 3 is 2.55 bits per heavy atom. The largest absolute Gasteiger partial charge is 0.325 e. The number of benzene rings is 2. The molecule has 0 fully saturated rings. The van der Waals surface area contributed by atoms with E-state index in [1.807, 2.05) is 12.1 Å². The molecule has 0 radical (unpaired) electrons. The van der Waals surface area contributed by atoms with E-state index in [-0.39, 0.29) is 16.6 Å². The lowest BCUT2D eigenvalue weighted by Crippen LogP contribution is -2.23. The number of thioether (sulfide) groups is 1. The number of carbonyl (C=O) groups is 1. The van der Waals surface area contributed by atoms with E-state index in [1.165, 1.54) is 37.5 Å². The topological polar surface area (TPSA) is 110 Å². The zero-order valence-corrected chi connectivity index (χ0v) is 20.8. The van der Waals surface area contributed by atoms with Gasteiger partial charge in [0.2, 0.25) is 21.1 Å². The van der Waals surface area contributed by atoms with Crippen LogP contribution in [0.4, 0.5) is 5.69 Å². The maximum absolute atomic E-state index is 12.5. The van der Waals surface area contributed by atoms with E-state index in [1.54, 1.807) is 23.7 Å². The van der Waals surface area contributed by atoms with Gasteiger partial charge in [-0.05, 0) is 65.6 Å². The molecule has 2 aromatic carbocycles. The van der Waals surface area contributed by atoms with Crippen molar-refractivity contribution in [2.75, 3.05) is 25.2 Å². The summed E-state index contributed by atoms with van der Waals surface area (Å²) in [5, 5.41) is 15.0. The van der Waals surface area contributed by atoms with Crippen LogP contribution in [0.2, 0.25) is 0 Å². The molecule has 1 heterocycles. The van der Waals surface area contributed by atoms with Gasteiger partial charge in [0.25, 0.3) is 0 Å². The second kappa shape index (κ2) is 10.9. The third-order valence-electron chi connectivity index (χ3n) is 5.00. The monoisotopic (exact) mass is 488 g/mol. The first-order valence-electron chi connectivity index (χ1n) is 10.6. The smallest absolute Gasteiger partial charge is 0.242 e. The SMILES string of the molecule is CCCCc1ccc(-n2nnnc2SCC(=O)Nc2ccc(C)c(S(=O)(=O)N(C)C)c2)cc1. The van der Waals surface area contributed by atoms with Crippen LogP contribution in [0.1, 0.15) is 30.9 Å². The van der Waals surface area contributed by atoms with Crippen LogP contribution in [-0.2, 0) is 21.2 Å². The van der Waals surface area contributed by atoms with Gasteiger partial charge in [0.15, 0.2) is 0 Å². The maximum atomic E-state index is 12.5. The van der Waals surface area contributed by atoms with E-state index in [2.05, 4.69) is 39.9 Å². The number of nitrogens with zero attached hydrogens (tertiary/aromatic N) is 5. The second-order valence-corrected chi connectivity index (χ2v) is 10.8. The molecule has 1 amide bonds. The van der Waals surface area contributed by atoms with Crippen molar-refractivity contribution in [3.05, 3.63) is 53.6 Å². The number of anilines is 1. The zero-order chi connectivity index (χ0) is 24.0. The van der Waals surface area contributed by atoms with Gasteiger partial charge in [-0.25, -0.2) is 12.7 Å². The Balaban J connectivity index is 1.66. The number of amides is 1. The number of tetrazole rings is 1. The Hall–Kier alpha value is -2.76. The zero-order valence-electron chi connectivity index (χ0n) is 19.1. The predicted octanol–water partition coefficient (Wildman–Crippen LogP) is 3.29. The van der Waals surface area contributed by atoms with E-state index < -0.39 is 10.0 Å². The minimum Gasteiger partial charge on any atom is -0.325 e. The first-order chi connectivity index (χ1) is 15.7. The molecule has 1 N–H and O–H groups in total. The first-order valence-corrected chi connectivity index (χ1v) is 13.0. The molecule has 0 unspecified atom stereocenters. The number of aryl methyl sites for hydroxylation is 2. The van der Waals surface area contributed by atoms with Crippen LogP contribution in [0, 0.1) is 6.92 Å². The fraction of sp³-hybridized carbons (Fsp3) is 0.364. The molecule has 0 bridgehead atoms. The molecule has 176 valence electrons. The Bertz CT molecular complexity index is 1210. The number of carbonyl (C=O) groups excluding carboxylic acids is 1. The van der Waals surface area contributed by atoms with Gasteiger partial charge in [-0.3, -0.25) is 4.79 Å². The highest BCUT2D eigenvalue weighted by Crippen LogP contribution is 2.23. The third kappa shape index (κ3) is 6.18. The summed E-state index contributed by atoms with van der Waals surface area (Å²) in [4.78, 5) is 12.7. The minimum absolute atomic E-state index is 0.0681. The summed E-state index contributed by atoms with van der Waals surface area (Å²) in [6.45, 7) is 3.88. The van der Waals surface area contributed by atoms with Crippen molar-refractivity contribution in [3.63, 3.8) is 0 Å². The molecule has 9 nitrogen and oxygen atoms in total. The van der Waals surface area contributed by atoms with Gasteiger partial charge in [-0.15, -0.1) is 5.10 Å². The molecule has 0 aliphatic rings. The van der Waals surface area contributed by atoms with Gasteiger partial charge in [0, 0.05) is 19.8 Å². The lowest BCUT2D eigenvalue weighted by Gasteiger charge is -2.15. The minimum atomic E-state index is -3.61. The van der Waals surface area contributed by atoms with Gasteiger partial charge in [0.05, 0.1) is 16.3 Å². The lowest BCUT2D eigenvalue weighted by atomic mass is 10.1. The van der Waals surface area contributed by atoms with Crippen LogP contribution >= 0.6 is 11.8 Å². The van der Waals surface area contributed by atoms with Crippen LogP contribution in [0.5, 0.6) is 0 Å². The molecule has 0 saturated carbocycles. The van der Waals surface area contributed by atoms with Crippen LogP contribution in [0.15, 0.2) is 52.5 Å². The number of sulfonamides is 1. The maximum Gasteiger partial charge on any atom is 0.242 e. The number of rotatable bonds is 10. The van der Waals surface area contributed by atoms with Crippen molar-refractivity contribution in [2.24, 2.45) is 0 Å². The summed E-state index contributed by atoms with van der Waals surface area (Å²) in [5.74, 6) is -0.222. The van der Waals surface area contributed by atoms with Crippen molar-refractivity contribution in [3.8, 4) is 5.69 Å². The Kier molecular flexibility index (Phi) is 8.22. The summed E-state index contributed by atoms with van der Waals surface area (Å²) < 4.78 is 27.7. The number of hydrogen-bond donors (Lipinski definition) is 1. The molecule has 0 aliphatic carbocycles. The molecule has 0 saturated heterocycles. The van der Waals surface area contributed by atoms with Crippen molar-refractivity contribution in [1.82, 2.24) is 24.5 Å². The van der Waals surface area contributed by atoms with E-state index in [0.717, 1.165) is 29.3 Å². The quantitative estimate of drug-likeness (QED) is 0.436. The van der Waals surface area contributed by atoms with Crippen LogP contribution in [0.25, 0.3) is 5.69 Å². The second-order valence-electron chi connectivity index (χ2n) is 7.75. The average molecular weight is 489 g/mol. The number of nitrogens with one attached hydrogen (secondary N) is 1. The van der Waals surface area contributed by atoms with Crippen LogP contribution < -0.4 is 5.32 Å². The van der Waals surface area contributed by atoms with Crippen molar-refractivity contribution in [2.45, 2.75) is 43.2 Å². The lowest BCUT2D eigenvalue weighted by molar-refractivity contribution is -0.113. The molecule has 33 heavy (non-hydrogen) atoms. The molecular weight excluding hydrogens is 460 g/mol. The molecule has 0 spiro atoms. The van der Waals surface area contributed by atoms with Crippen molar-refractivity contribution >= 4 is 33.4 Å². The first kappa shape index (κ1) is 24.9. The highest BCUT2D eigenvalue weighted by atomic mass is 32.2. The fourth-order valence-electron chi connectivity index (χ4n) is 3.10. The molecule has 0 atom stereocenters. The molecule has 1 aromatic heterocycles. The third-order valence-corrected chi connectivity index (χ3v) is 7.88. The highest BCUT2D eigenvalue weighted by molar-refractivity contribution is 7.99. The summed E-state index contributed by atoms with van der Waals surface area (Å²) >= 11 is 1.20. The molecule has 0 aliphatic heterocycles. The summed E-state index contributed by atoms with van der Waals surface area (Å²) in [7, 11) is -0.668. The van der Waals surface area contributed by atoms with Crippen molar-refractivity contribution < 1.29 is 13.2 Å². The van der Waals surface area contributed by atoms with Gasteiger partial charge in [-0.1, -0.05) is 43.3 Å². The fourth-order valence-corrected chi connectivity index (χ4v) is 4.93.